The van der Waals surface area contributed by atoms with Gasteiger partial charge >= 0.3 is 0 Å². The Morgan fingerprint density at radius 3 is 2.85 bits per heavy atom. The summed E-state index contributed by atoms with van der Waals surface area (Å²) in [6.07, 6.45) is 5.81. The Morgan fingerprint density at radius 1 is 1.20 bits per heavy atom. The van der Waals surface area contributed by atoms with Crippen LogP contribution in [-0.4, -0.2) is 32.8 Å². The third-order valence-electron chi connectivity index (χ3n) is 4.32. The highest BCUT2D eigenvalue weighted by Gasteiger charge is 2.34. The fourth-order valence-electron chi connectivity index (χ4n) is 3.23. The fraction of sp³-hybridized carbons (Fsp3) is 0.647. The average molecular weight is 297 g/mol. The number of halogens is 1. The van der Waals surface area contributed by atoms with E-state index < -0.39 is 0 Å². The average Bonchev–Trinajstić information content (AvgIpc) is 2.51. The van der Waals surface area contributed by atoms with Gasteiger partial charge in [0.2, 0.25) is 0 Å². The van der Waals surface area contributed by atoms with Gasteiger partial charge in [-0.15, -0.1) is 11.6 Å². The molecule has 0 N–H and O–H groups in total. The first-order valence-corrected chi connectivity index (χ1v) is 8.07. The number of ether oxygens (including phenoxy) is 2. The first-order chi connectivity index (χ1) is 9.82. The smallest absolute Gasteiger partial charge is 0.0700 e. The van der Waals surface area contributed by atoms with Gasteiger partial charge in [0.25, 0.3) is 0 Å². The van der Waals surface area contributed by atoms with Crippen LogP contribution in [-0.2, 0) is 21.3 Å². The summed E-state index contributed by atoms with van der Waals surface area (Å²) in [5.41, 5.74) is 3.11. The van der Waals surface area contributed by atoms with Gasteiger partial charge in [0.1, 0.15) is 0 Å². The lowest BCUT2D eigenvalue weighted by molar-refractivity contribution is 0.0663. The standard InChI is InChI=1S/C17H25ClO2/c1-19-12-13-20-11-5-10-17(14-18)9-4-7-15-6-2-3-8-16(15)17/h2-3,6,8H,4-5,7,9-14H2,1H3. The predicted octanol–water partition coefficient (Wildman–Crippen LogP) is 3.94. The molecule has 0 saturated carbocycles. The molecule has 1 aromatic carbocycles. The van der Waals surface area contributed by atoms with E-state index in [1.807, 2.05) is 0 Å². The molecular formula is C17H25ClO2. The molecule has 0 heterocycles. The van der Waals surface area contributed by atoms with Gasteiger partial charge in [0, 0.05) is 25.0 Å². The van der Waals surface area contributed by atoms with Crippen LogP contribution in [0.2, 0.25) is 0 Å². The Labute approximate surface area is 127 Å². The van der Waals surface area contributed by atoms with Gasteiger partial charge < -0.3 is 9.47 Å². The van der Waals surface area contributed by atoms with Crippen LogP contribution in [0.3, 0.4) is 0 Å². The molecule has 0 bridgehead atoms. The van der Waals surface area contributed by atoms with Crippen molar-refractivity contribution in [1.82, 2.24) is 0 Å². The van der Waals surface area contributed by atoms with E-state index >= 15 is 0 Å². The van der Waals surface area contributed by atoms with Gasteiger partial charge in [-0.3, -0.25) is 0 Å². The lowest BCUT2D eigenvalue weighted by Crippen LogP contribution is -2.33. The molecule has 1 atom stereocenters. The maximum atomic E-state index is 6.37. The molecule has 0 aromatic heterocycles. The summed E-state index contributed by atoms with van der Waals surface area (Å²) in [5.74, 6) is 0.710. The van der Waals surface area contributed by atoms with Crippen molar-refractivity contribution in [3.05, 3.63) is 35.4 Å². The molecule has 0 saturated heterocycles. The number of rotatable bonds is 8. The number of alkyl halides is 1. The Kier molecular flexibility index (Phi) is 6.34. The third kappa shape index (κ3) is 3.75. The summed E-state index contributed by atoms with van der Waals surface area (Å²) in [7, 11) is 1.70. The van der Waals surface area contributed by atoms with Crippen molar-refractivity contribution in [2.75, 3.05) is 32.8 Å². The highest BCUT2D eigenvalue weighted by atomic mass is 35.5. The molecule has 1 aliphatic rings. The number of hydrogen-bond acceptors (Lipinski definition) is 2. The van der Waals surface area contributed by atoms with Crippen LogP contribution in [0.15, 0.2) is 24.3 Å². The fourth-order valence-corrected chi connectivity index (χ4v) is 3.64. The second-order valence-electron chi connectivity index (χ2n) is 5.63. The van der Waals surface area contributed by atoms with E-state index in [0.29, 0.717) is 19.1 Å². The topological polar surface area (TPSA) is 18.5 Å². The van der Waals surface area contributed by atoms with Crippen molar-refractivity contribution >= 4 is 11.6 Å². The summed E-state index contributed by atoms with van der Waals surface area (Å²) in [5, 5.41) is 0. The number of aryl methyl sites for hydroxylation is 1. The molecule has 1 unspecified atom stereocenters. The summed E-state index contributed by atoms with van der Waals surface area (Å²) in [4.78, 5) is 0. The van der Waals surface area contributed by atoms with Crippen LogP contribution in [0.1, 0.15) is 36.8 Å². The molecule has 20 heavy (non-hydrogen) atoms. The largest absolute Gasteiger partial charge is 0.382 e. The van der Waals surface area contributed by atoms with Gasteiger partial charge in [-0.25, -0.2) is 0 Å². The zero-order valence-corrected chi connectivity index (χ0v) is 13.1. The third-order valence-corrected chi connectivity index (χ3v) is 4.83. The summed E-state index contributed by atoms with van der Waals surface area (Å²) in [6.45, 7) is 2.15. The monoisotopic (exact) mass is 296 g/mol. The molecular weight excluding hydrogens is 272 g/mol. The normalized spacial score (nSPS) is 21.7. The first kappa shape index (κ1) is 15.8. The molecule has 0 fully saturated rings. The molecule has 1 aromatic rings. The van der Waals surface area contributed by atoms with Gasteiger partial charge in [-0.05, 0) is 43.2 Å². The number of benzene rings is 1. The van der Waals surface area contributed by atoms with Gasteiger partial charge in [0.15, 0.2) is 0 Å². The molecule has 0 radical (unpaired) electrons. The van der Waals surface area contributed by atoms with E-state index in [0.717, 1.165) is 19.4 Å². The van der Waals surface area contributed by atoms with E-state index in [1.54, 1.807) is 7.11 Å². The first-order valence-electron chi connectivity index (χ1n) is 7.53. The maximum Gasteiger partial charge on any atom is 0.0700 e. The van der Waals surface area contributed by atoms with Crippen molar-refractivity contribution < 1.29 is 9.47 Å². The van der Waals surface area contributed by atoms with Crippen molar-refractivity contribution in [3.63, 3.8) is 0 Å². The molecule has 0 amide bonds. The molecule has 0 aliphatic heterocycles. The molecule has 3 heteroatoms. The zero-order valence-electron chi connectivity index (χ0n) is 12.4. The summed E-state index contributed by atoms with van der Waals surface area (Å²) < 4.78 is 10.6. The van der Waals surface area contributed by atoms with Gasteiger partial charge in [-0.1, -0.05) is 24.3 Å². The van der Waals surface area contributed by atoms with Crippen LogP contribution in [0.4, 0.5) is 0 Å². The zero-order chi connectivity index (χ0) is 14.3. The van der Waals surface area contributed by atoms with E-state index in [1.165, 1.54) is 30.4 Å². The van der Waals surface area contributed by atoms with Crippen LogP contribution in [0, 0.1) is 0 Å². The molecule has 112 valence electrons. The SMILES string of the molecule is COCCOCCCC1(CCl)CCCc2ccccc21. The van der Waals surface area contributed by atoms with Crippen LogP contribution in [0.5, 0.6) is 0 Å². The highest BCUT2D eigenvalue weighted by Crippen LogP contribution is 2.41. The predicted molar refractivity (Wildman–Crippen MR) is 83.7 cm³/mol. The van der Waals surface area contributed by atoms with E-state index in [-0.39, 0.29) is 5.41 Å². The second kappa shape index (κ2) is 8.02. The minimum Gasteiger partial charge on any atom is -0.382 e. The van der Waals surface area contributed by atoms with Crippen molar-refractivity contribution in [2.24, 2.45) is 0 Å². The van der Waals surface area contributed by atoms with Crippen LogP contribution < -0.4 is 0 Å². The Bertz CT molecular complexity index is 408. The molecule has 2 nitrogen and oxygen atoms in total. The van der Waals surface area contributed by atoms with E-state index in [4.69, 9.17) is 21.1 Å². The summed E-state index contributed by atoms with van der Waals surface area (Å²) in [6, 6.07) is 8.80. The van der Waals surface area contributed by atoms with Crippen molar-refractivity contribution in [1.29, 1.82) is 0 Å². The van der Waals surface area contributed by atoms with E-state index in [9.17, 15) is 0 Å². The quantitative estimate of drug-likeness (QED) is 0.534. The summed E-state index contributed by atoms with van der Waals surface area (Å²) >= 11 is 6.37. The lowest BCUT2D eigenvalue weighted by atomic mass is 9.69. The number of methoxy groups -OCH3 is 1. The molecule has 1 aliphatic carbocycles. The number of fused-ring (bicyclic) bond motifs is 1. The minimum atomic E-state index is 0.154. The number of hydrogen-bond donors (Lipinski definition) is 0. The second-order valence-corrected chi connectivity index (χ2v) is 5.90. The van der Waals surface area contributed by atoms with Crippen LogP contribution >= 0.6 is 11.6 Å². The van der Waals surface area contributed by atoms with Crippen molar-refractivity contribution in [3.8, 4) is 0 Å². The lowest BCUT2D eigenvalue weighted by Gasteiger charge is -2.38. The van der Waals surface area contributed by atoms with E-state index in [2.05, 4.69) is 24.3 Å². The molecule has 0 spiro atoms. The Hall–Kier alpha value is -0.570. The van der Waals surface area contributed by atoms with Gasteiger partial charge in [-0.2, -0.15) is 0 Å². The Balaban J connectivity index is 1.93. The minimum absolute atomic E-state index is 0.154. The highest BCUT2D eigenvalue weighted by molar-refractivity contribution is 6.18. The van der Waals surface area contributed by atoms with Crippen LogP contribution in [0.25, 0.3) is 0 Å². The Morgan fingerprint density at radius 2 is 2.05 bits per heavy atom. The van der Waals surface area contributed by atoms with Crippen molar-refractivity contribution in [2.45, 2.75) is 37.5 Å². The van der Waals surface area contributed by atoms with Gasteiger partial charge in [0.05, 0.1) is 13.2 Å². The molecule has 2 rings (SSSR count). The maximum absolute atomic E-state index is 6.37.